The van der Waals surface area contributed by atoms with Crippen LogP contribution in [0.5, 0.6) is 0 Å². The summed E-state index contributed by atoms with van der Waals surface area (Å²) in [6.07, 6.45) is 5.09. The fourth-order valence-corrected chi connectivity index (χ4v) is 0.687. The fraction of sp³-hybridized carbons (Fsp3) is 0.429. The lowest BCUT2D eigenvalue weighted by Crippen LogP contribution is -2.01. The van der Waals surface area contributed by atoms with Crippen LogP contribution < -0.4 is 0 Å². The number of nitrogens with zero attached hydrogens (tertiary/aromatic N) is 2. The Balaban J connectivity index is 2.62. The van der Waals surface area contributed by atoms with Gasteiger partial charge in [0.2, 0.25) is 0 Å². The predicted molar refractivity (Wildman–Crippen MR) is 41.5 cm³/mol. The van der Waals surface area contributed by atoms with E-state index in [4.69, 9.17) is 4.74 Å². The molecule has 1 atom stereocenters. The fourth-order valence-electron chi connectivity index (χ4n) is 0.687. The lowest BCUT2D eigenvalue weighted by Gasteiger charge is -1.99. The van der Waals surface area contributed by atoms with E-state index in [-0.39, 0.29) is 6.10 Å². The topological polar surface area (TPSA) is 34.0 Å². The quantitative estimate of drug-likeness (QED) is 0.498. The Labute approximate surface area is 60.1 Å². The molecule has 10 heavy (non-hydrogen) atoms. The SMILES string of the molecule is CN=CC=C1N=COC1C. The highest BCUT2D eigenvalue weighted by Crippen LogP contribution is 2.11. The van der Waals surface area contributed by atoms with E-state index in [9.17, 15) is 0 Å². The molecule has 0 aromatic carbocycles. The van der Waals surface area contributed by atoms with Crippen molar-refractivity contribution in [3.05, 3.63) is 11.8 Å². The molecule has 1 unspecified atom stereocenters. The molecule has 0 aromatic rings. The summed E-state index contributed by atoms with van der Waals surface area (Å²) in [5, 5.41) is 0. The highest BCUT2D eigenvalue weighted by molar-refractivity contribution is 5.73. The van der Waals surface area contributed by atoms with Crippen molar-refractivity contribution in [1.29, 1.82) is 0 Å². The predicted octanol–water partition coefficient (Wildman–Crippen LogP) is 1.02. The van der Waals surface area contributed by atoms with Crippen LogP contribution >= 0.6 is 0 Å². The molecule has 1 heterocycles. The zero-order valence-corrected chi connectivity index (χ0v) is 6.11. The molecule has 3 nitrogen and oxygen atoms in total. The first kappa shape index (κ1) is 6.99. The summed E-state index contributed by atoms with van der Waals surface area (Å²) in [5.41, 5.74) is 0.922. The molecule has 0 radical (unpaired) electrons. The summed E-state index contributed by atoms with van der Waals surface area (Å²) in [4.78, 5) is 7.78. The Morgan fingerprint density at radius 3 is 3.10 bits per heavy atom. The van der Waals surface area contributed by atoms with E-state index in [0.29, 0.717) is 0 Å². The van der Waals surface area contributed by atoms with Crippen molar-refractivity contribution in [2.24, 2.45) is 9.98 Å². The molecule has 0 aliphatic carbocycles. The Morgan fingerprint density at radius 2 is 2.60 bits per heavy atom. The monoisotopic (exact) mass is 138 g/mol. The first-order chi connectivity index (χ1) is 4.84. The third-order valence-electron chi connectivity index (χ3n) is 1.28. The van der Waals surface area contributed by atoms with Gasteiger partial charge in [-0.1, -0.05) is 0 Å². The smallest absolute Gasteiger partial charge is 0.175 e. The van der Waals surface area contributed by atoms with E-state index in [1.165, 1.54) is 6.40 Å². The molecule has 0 saturated heterocycles. The van der Waals surface area contributed by atoms with Crippen molar-refractivity contribution < 1.29 is 4.74 Å². The minimum absolute atomic E-state index is 0.0815. The molecule has 0 amide bonds. The van der Waals surface area contributed by atoms with Gasteiger partial charge in [-0.25, -0.2) is 4.99 Å². The molecule has 1 aliphatic rings. The molecule has 0 aromatic heterocycles. The molecule has 1 aliphatic heterocycles. The van der Waals surface area contributed by atoms with Gasteiger partial charge in [0, 0.05) is 13.3 Å². The van der Waals surface area contributed by atoms with E-state index in [1.807, 2.05) is 13.0 Å². The average molecular weight is 138 g/mol. The number of hydrogen-bond donors (Lipinski definition) is 0. The van der Waals surface area contributed by atoms with Gasteiger partial charge in [0.25, 0.3) is 0 Å². The molecule has 0 saturated carbocycles. The van der Waals surface area contributed by atoms with Gasteiger partial charge in [-0.2, -0.15) is 0 Å². The molecule has 0 N–H and O–H groups in total. The first-order valence-electron chi connectivity index (χ1n) is 3.15. The van der Waals surface area contributed by atoms with Gasteiger partial charge in [-0.05, 0) is 13.0 Å². The second-order valence-corrected chi connectivity index (χ2v) is 2.01. The van der Waals surface area contributed by atoms with Gasteiger partial charge < -0.3 is 4.74 Å². The zero-order chi connectivity index (χ0) is 7.40. The molecule has 3 heteroatoms. The standard InChI is InChI=1S/C7H10N2O/c1-6-7(3-4-8-2)9-5-10-6/h3-6H,1-2H3. The number of allylic oxidation sites excluding steroid dienone is 1. The number of rotatable bonds is 1. The van der Waals surface area contributed by atoms with Gasteiger partial charge in [0.15, 0.2) is 6.40 Å². The van der Waals surface area contributed by atoms with Crippen molar-refractivity contribution in [1.82, 2.24) is 0 Å². The summed E-state index contributed by atoms with van der Waals surface area (Å²) >= 11 is 0. The second kappa shape index (κ2) is 3.15. The molecule has 0 spiro atoms. The minimum atomic E-state index is 0.0815. The highest BCUT2D eigenvalue weighted by atomic mass is 16.5. The van der Waals surface area contributed by atoms with Crippen molar-refractivity contribution >= 4 is 12.6 Å². The number of ether oxygens (including phenoxy) is 1. The second-order valence-electron chi connectivity index (χ2n) is 2.01. The molecule has 54 valence electrons. The maximum Gasteiger partial charge on any atom is 0.175 e. The molecular formula is C7H10N2O. The third kappa shape index (κ3) is 1.43. The molecule has 0 bridgehead atoms. The third-order valence-corrected chi connectivity index (χ3v) is 1.28. The minimum Gasteiger partial charge on any atom is -0.474 e. The first-order valence-corrected chi connectivity index (χ1v) is 3.15. The highest BCUT2D eigenvalue weighted by Gasteiger charge is 2.11. The van der Waals surface area contributed by atoms with E-state index >= 15 is 0 Å². The molecule has 0 fully saturated rings. The van der Waals surface area contributed by atoms with Crippen LogP contribution in [0.15, 0.2) is 21.8 Å². The van der Waals surface area contributed by atoms with Crippen LogP contribution in [0.1, 0.15) is 6.92 Å². The Bertz CT molecular complexity index is 194. The number of aliphatic imine (C=N–C) groups is 2. The van der Waals surface area contributed by atoms with Crippen LogP contribution in [-0.2, 0) is 4.74 Å². The summed E-state index contributed by atoms with van der Waals surface area (Å²) in [6.45, 7) is 1.95. The van der Waals surface area contributed by atoms with Gasteiger partial charge in [0.05, 0.1) is 5.70 Å². The van der Waals surface area contributed by atoms with Crippen LogP contribution in [0.3, 0.4) is 0 Å². The van der Waals surface area contributed by atoms with Crippen LogP contribution in [0.4, 0.5) is 0 Å². The molecular weight excluding hydrogens is 128 g/mol. The maximum absolute atomic E-state index is 5.04. The zero-order valence-electron chi connectivity index (χ0n) is 6.11. The van der Waals surface area contributed by atoms with E-state index in [2.05, 4.69) is 9.98 Å². The summed E-state index contributed by atoms with van der Waals surface area (Å²) in [5.74, 6) is 0. The van der Waals surface area contributed by atoms with Gasteiger partial charge in [-0.3, -0.25) is 4.99 Å². The van der Waals surface area contributed by atoms with E-state index in [1.54, 1.807) is 13.3 Å². The van der Waals surface area contributed by atoms with Crippen molar-refractivity contribution in [2.45, 2.75) is 13.0 Å². The Morgan fingerprint density at radius 1 is 1.80 bits per heavy atom. The van der Waals surface area contributed by atoms with Crippen molar-refractivity contribution in [3.8, 4) is 0 Å². The largest absolute Gasteiger partial charge is 0.474 e. The Kier molecular flexibility index (Phi) is 2.20. The Hall–Kier alpha value is -1.12. The van der Waals surface area contributed by atoms with Gasteiger partial charge >= 0.3 is 0 Å². The molecule has 1 rings (SSSR count). The normalized spacial score (nSPS) is 28.2. The lowest BCUT2D eigenvalue weighted by molar-refractivity contribution is 0.278. The lowest BCUT2D eigenvalue weighted by atomic mass is 10.3. The summed E-state index contributed by atoms with van der Waals surface area (Å²) < 4.78 is 5.04. The summed E-state index contributed by atoms with van der Waals surface area (Å²) in [6, 6.07) is 0. The van der Waals surface area contributed by atoms with Crippen molar-refractivity contribution in [2.75, 3.05) is 7.05 Å². The number of hydrogen-bond acceptors (Lipinski definition) is 3. The van der Waals surface area contributed by atoms with Crippen LogP contribution in [-0.4, -0.2) is 25.8 Å². The van der Waals surface area contributed by atoms with Crippen molar-refractivity contribution in [3.63, 3.8) is 0 Å². The van der Waals surface area contributed by atoms with Crippen LogP contribution in [0.25, 0.3) is 0 Å². The summed E-state index contributed by atoms with van der Waals surface area (Å²) in [7, 11) is 1.72. The maximum atomic E-state index is 5.04. The average Bonchev–Trinajstić information content (AvgIpc) is 2.31. The van der Waals surface area contributed by atoms with Gasteiger partial charge in [-0.15, -0.1) is 0 Å². The van der Waals surface area contributed by atoms with Gasteiger partial charge in [0.1, 0.15) is 6.10 Å². The van der Waals surface area contributed by atoms with E-state index < -0.39 is 0 Å². The van der Waals surface area contributed by atoms with Crippen LogP contribution in [0, 0.1) is 0 Å². The van der Waals surface area contributed by atoms with E-state index in [0.717, 1.165) is 5.70 Å². The van der Waals surface area contributed by atoms with Crippen LogP contribution in [0.2, 0.25) is 0 Å².